The Morgan fingerprint density at radius 2 is 2.36 bits per heavy atom. The van der Waals surface area contributed by atoms with E-state index in [2.05, 4.69) is 15.0 Å². The van der Waals surface area contributed by atoms with Crippen molar-refractivity contribution >= 4 is 20.5 Å². The lowest BCUT2D eigenvalue weighted by Crippen LogP contribution is -1.99. The molecule has 0 radical (unpaired) electrons. The zero-order chi connectivity index (χ0) is 12.6. The monoisotopic (exact) mass is 217 g/mol. The van der Waals surface area contributed by atoms with Crippen LogP contribution in [0.25, 0.3) is 11.2 Å². The smallest absolute Gasteiger partial charge is 0.307 e. The van der Waals surface area contributed by atoms with E-state index < -0.39 is 9.30 Å². The lowest BCUT2D eigenvalue weighted by molar-refractivity contribution is 0.608. The van der Waals surface area contributed by atoms with E-state index in [0.29, 0.717) is 11.2 Å². The van der Waals surface area contributed by atoms with Gasteiger partial charge in [0.05, 0.1) is 6.33 Å². The van der Waals surface area contributed by atoms with Gasteiger partial charge < -0.3 is 9.09 Å². The van der Waals surface area contributed by atoms with Crippen LogP contribution in [-0.2, 0) is 0 Å². The summed E-state index contributed by atoms with van der Waals surface area (Å²) >= 11 is 0. The molecule has 2 aromatic rings. The minimum absolute atomic E-state index is 0.0303. The van der Waals surface area contributed by atoms with Gasteiger partial charge in [0, 0.05) is 6.04 Å². The molecule has 0 unspecified atom stereocenters. The molecule has 2 rings (SSSR count). The lowest BCUT2D eigenvalue weighted by Gasteiger charge is -2.05. The van der Waals surface area contributed by atoms with E-state index in [1.807, 2.05) is 18.4 Å². The van der Waals surface area contributed by atoms with Gasteiger partial charge in [0.2, 0.25) is 0 Å². The van der Waals surface area contributed by atoms with E-state index in [9.17, 15) is 0 Å². The molecular weight excluding hydrogens is 199 g/mol. The molecule has 0 aliphatic carbocycles. The van der Waals surface area contributed by atoms with Crippen molar-refractivity contribution < 1.29 is 4.52 Å². The molecular formula is C8H12N4OP+. The Balaban J connectivity index is 2.52. The van der Waals surface area contributed by atoms with Gasteiger partial charge in [-0.05, 0) is 13.8 Å². The first-order chi connectivity index (χ1) is 7.88. The molecule has 0 saturated heterocycles. The molecule has 2 aromatic heterocycles. The highest BCUT2D eigenvalue weighted by Crippen LogP contribution is 2.22. The number of hydrogen-bond acceptors (Lipinski definition) is 4. The molecule has 6 heteroatoms. The quantitative estimate of drug-likeness (QED) is 0.727. The fourth-order valence-corrected chi connectivity index (χ4v) is 1.41. The van der Waals surface area contributed by atoms with Crippen molar-refractivity contribution in [3.63, 3.8) is 0 Å². The van der Waals surface area contributed by atoms with Crippen LogP contribution in [0, 0.1) is 0 Å². The molecule has 0 spiro atoms. The zero-order valence-corrected chi connectivity index (χ0v) is 8.77. The van der Waals surface area contributed by atoms with Crippen molar-refractivity contribution in [3.05, 3.63) is 12.7 Å². The van der Waals surface area contributed by atoms with Gasteiger partial charge in [-0.3, -0.25) is 0 Å². The third kappa shape index (κ3) is 1.34. The molecule has 14 heavy (non-hydrogen) atoms. The molecule has 0 bridgehead atoms. The van der Waals surface area contributed by atoms with Crippen molar-refractivity contribution in [3.8, 4) is 5.88 Å². The number of imidazole rings is 1. The highest BCUT2D eigenvalue weighted by Gasteiger charge is 2.12. The second-order valence-corrected chi connectivity index (χ2v) is 3.37. The maximum atomic E-state index is 7.16. The van der Waals surface area contributed by atoms with Crippen LogP contribution in [0.1, 0.15) is 19.9 Å². The standard InChI is InChI=1S/C8H12N4OP/c1-5(2)12-4-11-6-7(12)9-3-10-8(6)13-14/h3-5H,1-2,14H3/q+1/i14T3. The van der Waals surface area contributed by atoms with E-state index >= 15 is 0 Å². The first-order valence-electron chi connectivity index (χ1n) is 5.57. The summed E-state index contributed by atoms with van der Waals surface area (Å²) in [7, 11) is -3.65. The van der Waals surface area contributed by atoms with Gasteiger partial charge in [-0.2, -0.15) is 4.98 Å². The van der Waals surface area contributed by atoms with Crippen LogP contribution in [0.3, 0.4) is 0 Å². The largest absolute Gasteiger partial charge is 0.336 e. The summed E-state index contributed by atoms with van der Waals surface area (Å²) in [5, 5.41) is 0. The van der Waals surface area contributed by atoms with Crippen LogP contribution in [0.4, 0.5) is 0 Å². The average Bonchev–Trinajstić information content (AvgIpc) is 2.59. The molecule has 0 aliphatic heterocycles. The predicted octanol–water partition coefficient (Wildman–Crippen LogP) is 1.31. The number of aromatic nitrogens is 4. The maximum absolute atomic E-state index is 7.16. The summed E-state index contributed by atoms with van der Waals surface area (Å²) in [5.74, 6) is 0.0303. The highest BCUT2D eigenvalue weighted by atomic mass is 31.0. The summed E-state index contributed by atoms with van der Waals surface area (Å²) in [6, 6.07) is 0.185. The van der Waals surface area contributed by atoms with Crippen LogP contribution in [0.5, 0.6) is 5.88 Å². The highest BCUT2D eigenvalue weighted by molar-refractivity contribution is 7.10. The molecule has 0 N–H and O–H groups in total. The number of hydrogen-bond donors (Lipinski definition) is 0. The van der Waals surface area contributed by atoms with Crippen LogP contribution in [-0.4, -0.2) is 23.4 Å². The maximum Gasteiger partial charge on any atom is 0.307 e. The third-order valence-electron chi connectivity index (χ3n) is 1.97. The number of fused-ring (bicyclic) bond motifs is 1. The molecule has 74 valence electrons. The third-order valence-corrected chi connectivity index (χ3v) is 2.14. The van der Waals surface area contributed by atoms with Crippen molar-refractivity contribution in [2.75, 3.05) is 0 Å². The Bertz CT molecular complexity index is 539. The minimum atomic E-state index is -3.65. The van der Waals surface area contributed by atoms with Crippen LogP contribution >= 0.6 is 9.30 Å². The lowest BCUT2D eigenvalue weighted by atomic mass is 10.4. The Kier molecular flexibility index (Phi) is 1.57. The van der Waals surface area contributed by atoms with Gasteiger partial charge in [-0.1, -0.05) is 0 Å². The van der Waals surface area contributed by atoms with Gasteiger partial charge in [0.25, 0.3) is 5.88 Å². The van der Waals surface area contributed by atoms with Crippen molar-refractivity contribution in [2.45, 2.75) is 19.9 Å². The van der Waals surface area contributed by atoms with Crippen LogP contribution in [0.2, 0.25) is 0 Å². The van der Waals surface area contributed by atoms with Crippen LogP contribution < -0.4 is 4.52 Å². The van der Waals surface area contributed by atoms with E-state index in [1.54, 1.807) is 6.33 Å². The van der Waals surface area contributed by atoms with Crippen molar-refractivity contribution in [1.82, 2.24) is 19.5 Å². The molecule has 0 fully saturated rings. The van der Waals surface area contributed by atoms with Gasteiger partial charge >= 0.3 is 3.84 Å². The van der Waals surface area contributed by atoms with Crippen molar-refractivity contribution in [2.24, 2.45) is 0 Å². The summed E-state index contributed by atoms with van der Waals surface area (Å²) in [6.07, 6.45) is 2.89. The Labute approximate surface area is 87.7 Å². The summed E-state index contributed by atoms with van der Waals surface area (Å²) in [6.45, 7) is 3.97. The molecule has 2 heterocycles. The molecule has 5 nitrogen and oxygen atoms in total. The average molecular weight is 217 g/mol. The van der Waals surface area contributed by atoms with Crippen LogP contribution in [0.15, 0.2) is 12.7 Å². The van der Waals surface area contributed by atoms with Gasteiger partial charge in [-0.25, -0.2) is 9.97 Å². The number of rotatable bonds is 3. The first kappa shape index (κ1) is 6.30. The predicted molar refractivity (Wildman–Crippen MR) is 57.4 cm³/mol. The molecule has 0 saturated carbocycles. The fourth-order valence-electron chi connectivity index (χ4n) is 1.28. The first-order valence-corrected chi connectivity index (χ1v) is 4.59. The summed E-state index contributed by atoms with van der Waals surface area (Å²) in [5.41, 5.74) is 0.968. The van der Waals surface area contributed by atoms with E-state index in [-0.39, 0.29) is 11.9 Å². The van der Waals surface area contributed by atoms with Crippen molar-refractivity contribution in [1.29, 1.82) is 3.84 Å². The molecule has 0 aliphatic rings. The minimum Gasteiger partial charge on any atom is -0.336 e. The molecule has 0 atom stereocenters. The number of nitrogens with zero attached hydrogens (tertiary/aromatic N) is 4. The Hall–Kier alpha value is -1.22. The summed E-state index contributed by atoms with van der Waals surface area (Å²) in [4.78, 5) is 12.0. The molecule has 0 aromatic carbocycles. The van der Waals surface area contributed by atoms with E-state index in [1.165, 1.54) is 6.33 Å². The topological polar surface area (TPSA) is 52.8 Å². The normalized spacial score (nSPS) is 15.2. The Morgan fingerprint density at radius 3 is 3.07 bits per heavy atom. The van der Waals surface area contributed by atoms with E-state index in [0.717, 1.165) is 0 Å². The summed E-state index contributed by atoms with van der Waals surface area (Å²) < 4.78 is 28.2. The molecule has 0 amide bonds. The second kappa shape index (κ2) is 3.50. The SMILES string of the molecule is [3H][P+]([3H])([3H])Oc1ncnc2c1ncn2C(C)C. The van der Waals surface area contributed by atoms with Gasteiger partial charge in [0.15, 0.2) is 20.5 Å². The zero-order valence-electron chi connectivity index (χ0n) is 10.9. The Morgan fingerprint density at radius 1 is 1.50 bits per heavy atom. The van der Waals surface area contributed by atoms with E-state index in [4.69, 9.17) is 8.36 Å². The second-order valence-electron chi connectivity index (χ2n) is 3.19. The fraction of sp³-hybridized carbons (Fsp3) is 0.375. The van der Waals surface area contributed by atoms with Gasteiger partial charge in [0.1, 0.15) is 6.33 Å². The van der Waals surface area contributed by atoms with Gasteiger partial charge in [-0.15, -0.1) is 0 Å².